The average molecular weight is 284 g/mol. The fourth-order valence-electron chi connectivity index (χ4n) is 2.16. The molecule has 0 bridgehead atoms. The molecule has 0 aliphatic carbocycles. The Kier molecular flexibility index (Phi) is 4.48. The van der Waals surface area contributed by atoms with Crippen LogP contribution in [0.15, 0.2) is 36.4 Å². The molecule has 2 aromatic carbocycles. The highest BCUT2D eigenvalue weighted by Gasteiger charge is 2.10. The van der Waals surface area contributed by atoms with Crippen molar-refractivity contribution < 1.29 is 9.53 Å². The number of anilines is 2. The van der Waals surface area contributed by atoms with E-state index < -0.39 is 0 Å². The van der Waals surface area contributed by atoms with E-state index in [4.69, 9.17) is 10.5 Å². The molecule has 2 rings (SSSR count). The van der Waals surface area contributed by atoms with Crippen LogP contribution in [-0.2, 0) is 11.2 Å². The first-order valence-corrected chi connectivity index (χ1v) is 6.79. The first-order chi connectivity index (χ1) is 10.0. The van der Waals surface area contributed by atoms with Gasteiger partial charge >= 0.3 is 0 Å². The molecular formula is C17H20N2O2. The van der Waals surface area contributed by atoms with Crippen LogP contribution in [0.1, 0.15) is 16.7 Å². The van der Waals surface area contributed by atoms with Gasteiger partial charge in [-0.3, -0.25) is 4.79 Å². The Morgan fingerprint density at radius 2 is 1.86 bits per heavy atom. The van der Waals surface area contributed by atoms with Gasteiger partial charge in [-0.2, -0.15) is 0 Å². The molecule has 0 atom stereocenters. The smallest absolute Gasteiger partial charge is 0.228 e. The van der Waals surface area contributed by atoms with Gasteiger partial charge in [0.25, 0.3) is 0 Å². The van der Waals surface area contributed by atoms with Gasteiger partial charge in [-0.05, 0) is 43.2 Å². The Hall–Kier alpha value is -2.49. The second-order valence-corrected chi connectivity index (χ2v) is 5.06. The van der Waals surface area contributed by atoms with E-state index in [-0.39, 0.29) is 12.3 Å². The molecule has 3 N–H and O–H groups in total. The SMILES string of the molecule is COc1ccccc1CC(=O)Nc1cc(C)c(C)cc1N. The van der Waals surface area contributed by atoms with Crippen LogP contribution in [0.3, 0.4) is 0 Å². The fourth-order valence-corrected chi connectivity index (χ4v) is 2.16. The Morgan fingerprint density at radius 1 is 1.19 bits per heavy atom. The Balaban J connectivity index is 2.14. The number of carbonyl (C=O) groups is 1. The molecule has 0 unspecified atom stereocenters. The van der Waals surface area contributed by atoms with Crippen LogP contribution in [0.25, 0.3) is 0 Å². The predicted octanol–water partition coefficient (Wildman–Crippen LogP) is 3.08. The van der Waals surface area contributed by atoms with Crippen LogP contribution in [-0.4, -0.2) is 13.0 Å². The van der Waals surface area contributed by atoms with E-state index in [0.29, 0.717) is 17.1 Å². The summed E-state index contributed by atoms with van der Waals surface area (Å²) in [6.07, 6.45) is 0.246. The summed E-state index contributed by atoms with van der Waals surface area (Å²) in [5, 5.41) is 2.86. The van der Waals surface area contributed by atoms with E-state index >= 15 is 0 Å². The van der Waals surface area contributed by atoms with Gasteiger partial charge < -0.3 is 15.8 Å². The summed E-state index contributed by atoms with van der Waals surface area (Å²) in [5.41, 5.74) is 10.2. The summed E-state index contributed by atoms with van der Waals surface area (Å²) in [6, 6.07) is 11.2. The molecular weight excluding hydrogens is 264 g/mol. The molecule has 4 nitrogen and oxygen atoms in total. The zero-order chi connectivity index (χ0) is 15.4. The minimum atomic E-state index is -0.116. The first kappa shape index (κ1) is 14.9. The van der Waals surface area contributed by atoms with Gasteiger partial charge in [-0.1, -0.05) is 18.2 Å². The van der Waals surface area contributed by atoms with Crippen molar-refractivity contribution in [3.63, 3.8) is 0 Å². The number of hydrogen-bond acceptors (Lipinski definition) is 3. The van der Waals surface area contributed by atoms with E-state index in [1.807, 2.05) is 50.2 Å². The zero-order valence-corrected chi connectivity index (χ0v) is 12.6. The topological polar surface area (TPSA) is 64.3 Å². The van der Waals surface area contributed by atoms with Gasteiger partial charge in [0.2, 0.25) is 5.91 Å². The van der Waals surface area contributed by atoms with Crippen molar-refractivity contribution >= 4 is 17.3 Å². The summed E-state index contributed by atoms with van der Waals surface area (Å²) < 4.78 is 5.25. The molecule has 0 aromatic heterocycles. The molecule has 110 valence electrons. The van der Waals surface area contributed by atoms with Crippen molar-refractivity contribution in [3.8, 4) is 5.75 Å². The van der Waals surface area contributed by atoms with Crippen LogP contribution < -0.4 is 15.8 Å². The van der Waals surface area contributed by atoms with E-state index in [0.717, 1.165) is 16.7 Å². The minimum Gasteiger partial charge on any atom is -0.496 e. The van der Waals surface area contributed by atoms with Crippen molar-refractivity contribution in [1.29, 1.82) is 0 Å². The molecule has 21 heavy (non-hydrogen) atoms. The van der Waals surface area contributed by atoms with E-state index in [2.05, 4.69) is 5.32 Å². The Morgan fingerprint density at radius 3 is 2.57 bits per heavy atom. The third kappa shape index (κ3) is 3.54. The number of carbonyl (C=O) groups excluding carboxylic acids is 1. The lowest BCUT2D eigenvalue weighted by atomic mass is 10.1. The molecule has 1 amide bonds. The van der Waals surface area contributed by atoms with Gasteiger partial charge in [-0.25, -0.2) is 0 Å². The maximum absolute atomic E-state index is 12.2. The number of benzene rings is 2. The Bertz CT molecular complexity index is 666. The van der Waals surface area contributed by atoms with Crippen molar-refractivity contribution in [2.45, 2.75) is 20.3 Å². The van der Waals surface area contributed by atoms with E-state index in [1.54, 1.807) is 7.11 Å². The predicted molar refractivity (Wildman–Crippen MR) is 85.7 cm³/mol. The standard InChI is InChI=1S/C17H20N2O2/c1-11-8-14(18)15(9-12(11)2)19-17(20)10-13-6-4-5-7-16(13)21-3/h4-9H,10,18H2,1-3H3,(H,19,20). The van der Waals surface area contributed by atoms with Crippen LogP contribution in [0.2, 0.25) is 0 Å². The van der Waals surface area contributed by atoms with Crippen LogP contribution in [0.5, 0.6) is 5.75 Å². The number of nitrogens with two attached hydrogens (primary N) is 1. The van der Waals surface area contributed by atoms with Crippen molar-refractivity contribution in [2.75, 3.05) is 18.2 Å². The molecule has 0 saturated heterocycles. The van der Waals surface area contributed by atoms with Crippen LogP contribution in [0, 0.1) is 13.8 Å². The molecule has 0 aliphatic rings. The third-order valence-corrected chi connectivity index (χ3v) is 3.48. The number of aryl methyl sites for hydroxylation is 2. The highest BCUT2D eigenvalue weighted by atomic mass is 16.5. The van der Waals surface area contributed by atoms with Crippen molar-refractivity contribution in [1.82, 2.24) is 0 Å². The molecule has 4 heteroatoms. The van der Waals surface area contributed by atoms with Crippen LogP contribution in [0.4, 0.5) is 11.4 Å². The minimum absolute atomic E-state index is 0.116. The van der Waals surface area contributed by atoms with E-state index in [9.17, 15) is 4.79 Å². The van der Waals surface area contributed by atoms with E-state index in [1.165, 1.54) is 0 Å². The lowest BCUT2D eigenvalue weighted by molar-refractivity contribution is -0.115. The molecule has 2 aromatic rings. The van der Waals surface area contributed by atoms with Crippen molar-refractivity contribution in [3.05, 3.63) is 53.1 Å². The lowest BCUT2D eigenvalue weighted by Gasteiger charge is -2.12. The quantitative estimate of drug-likeness (QED) is 0.848. The van der Waals surface area contributed by atoms with Gasteiger partial charge in [0.05, 0.1) is 24.9 Å². The summed E-state index contributed by atoms with van der Waals surface area (Å²) in [5.74, 6) is 0.593. The number of methoxy groups -OCH3 is 1. The lowest BCUT2D eigenvalue weighted by Crippen LogP contribution is -2.16. The third-order valence-electron chi connectivity index (χ3n) is 3.48. The van der Waals surface area contributed by atoms with Gasteiger partial charge in [0, 0.05) is 5.56 Å². The zero-order valence-electron chi connectivity index (χ0n) is 12.6. The molecule has 0 spiro atoms. The molecule has 0 aliphatic heterocycles. The number of rotatable bonds is 4. The van der Waals surface area contributed by atoms with Crippen molar-refractivity contribution in [2.24, 2.45) is 0 Å². The number of para-hydroxylation sites is 1. The second-order valence-electron chi connectivity index (χ2n) is 5.06. The Labute approximate surface area is 124 Å². The van der Waals surface area contributed by atoms with Gasteiger partial charge in [0.15, 0.2) is 0 Å². The fraction of sp³-hybridized carbons (Fsp3) is 0.235. The summed E-state index contributed by atoms with van der Waals surface area (Å²) in [6.45, 7) is 3.98. The van der Waals surface area contributed by atoms with Crippen LogP contribution >= 0.6 is 0 Å². The molecule has 0 fully saturated rings. The first-order valence-electron chi connectivity index (χ1n) is 6.79. The number of nitrogen functional groups attached to an aromatic ring is 1. The summed E-state index contributed by atoms with van der Waals surface area (Å²) in [4.78, 5) is 12.2. The second kappa shape index (κ2) is 6.31. The number of amides is 1. The monoisotopic (exact) mass is 284 g/mol. The highest BCUT2D eigenvalue weighted by Crippen LogP contribution is 2.24. The van der Waals surface area contributed by atoms with Gasteiger partial charge in [-0.15, -0.1) is 0 Å². The highest BCUT2D eigenvalue weighted by molar-refractivity contribution is 5.95. The molecule has 0 radical (unpaired) electrons. The number of ether oxygens (including phenoxy) is 1. The molecule has 0 heterocycles. The van der Waals surface area contributed by atoms with Gasteiger partial charge in [0.1, 0.15) is 5.75 Å². The maximum Gasteiger partial charge on any atom is 0.228 e. The largest absolute Gasteiger partial charge is 0.496 e. The maximum atomic E-state index is 12.2. The summed E-state index contributed by atoms with van der Waals surface area (Å²) in [7, 11) is 1.60. The number of hydrogen-bond donors (Lipinski definition) is 2. The number of nitrogens with one attached hydrogen (secondary N) is 1. The molecule has 0 saturated carbocycles. The summed E-state index contributed by atoms with van der Waals surface area (Å²) >= 11 is 0. The average Bonchev–Trinajstić information content (AvgIpc) is 2.45. The normalized spacial score (nSPS) is 10.2.